The van der Waals surface area contributed by atoms with Gasteiger partial charge in [-0.25, -0.2) is 0 Å². The van der Waals surface area contributed by atoms with E-state index in [4.69, 9.17) is 26.3 Å². The second kappa shape index (κ2) is 10.0. The van der Waals surface area contributed by atoms with Gasteiger partial charge in [-0.3, -0.25) is 4.79 Å². The standard InChI is InChI=1S/C32H36ClN5O2/c1-3-28(39)32-13-16-38(18-22(32)17-32)30-24-12-15-37(27-11-5-8-21-7-4-10-25(33)29(21)27)19-26(24)34-31(35-30)40-20-23-9-6-14-36(23)2/h3-5,7-8,10-11,22-23H,1,6,9,12-20H2,2H3/t22-,23?,32+/m0/s1. The van der Waals surface area contributed by atoms with Crippen LogP contribution in [0.5, 0.6) is 6.01 Å². The zero-order chi connectivity index (χ0) is 27.4. The second-order valence-corrected chi connectivity index (χ2v) is 12.4. The Morgan fingerprint density at radius 2 is 2.02 bits per heavy atom. The Labute approximate surface area is 240 Å². The summed E-state index contributed by atoms with van der Waals surface area (Å²) in [6, 6.07) is 13.3. The minimum absolute atomic E-state index is 0.192. The van der Waals surface area contributed by atoms with Gasteiger partial charge in [0.2, 0.25) is 0 Å². The summed E-state index contributed by atoms with van der Waals surface area (Å²) in [5.41, 5.74) is 3.16. The zero-order valence-corrected chi connectivity index (χ0v) is 23.9. The van der Waals surface area contributed by atoms with Crippen molar-refractivity contribution in [2.24, 2.45) is 11.3 Å². The van der Waals surface area contributed by atoms with Crippen molar-refractivity contribution in [3.8, 4) is 6.01 Å². The summed E-state index contributed by atoms with van der Waals surface area (Å²) in [6.45, 7) is 8.64. The van der Waals surface area contributed by atoms with Crippen LogP contribution in [0.15, 0.2) is 49.1 Å². The lowest BCUT2D eigenvalue weighted by Crippen LogP contribution is -2.40. The minimum Gasteiger partial charge on any atom is -0.462 e. The molecule has 7 rings (SSSR count). The number of nitrogens with zero attached hydrogens (tertiary/aromatic N) is 5. The molecule has 0 amide bonds. The molecule has 3 atom stereocenters. The fraction of sp³-hybridized carbons (Fsp3) is 0.469. The predicted octanol–water partition coefficient (Wildman–Crippen LogP) is 5.29. The summed E-state index contributed by atoms with van der Waals surface area (Å²) < 4.78 is 6.30. The van der Waals surface area contributed by atoms with Crippen LogP contribution in [0.1, 0.15) is 36.9 Å². The van der Waals surface area contributed by atoms with Crippen LogP contribution in [0, 0.1) is 11.3 Å². The SMILES string of the molecule is C=CC(=O)[C@@]12CCN(c3nc(OCC4CCCN4C)nc4c3CCN(c3cccc5cccc(Cl)c35)C4)C[C@@H]1C2. The van der Waals surface area contributed by atoms with Gasteiger partial charge in [0.25, 0.3) is 0 Å². The maximum atomic E-state index is 12.6. The van der Waals surface area contributed by atoms with E-state index in [-0.39, 0.29) is 11.2 Å². The molecule has 8 heteroatoms. The van der Waals surface area contributed by atoms with Crippen LogP contribution >= 0.6 is 11.6 Å². The van der Waals surface area contributed by atoms with Gasteiger partial charge in [-0.1, -0.05) is 42.4 Å². The number of likely N-dealkylation sites (tertiary alicyclic amines) is 1. The fourth-order valence-electron chi connectivity index (χ4n) is 7.26. The number of aromatic nitrogens is 2. The Kier molecular flexibility index (Phi) is 6.47. The fourth-order valence-corrected chi connectivity index (χ4v) is 7.54. The Hall–Kier alpha value is -3.16. The maximum absolute atomic E-state index is 12.6. The first-order valence-corrected chi connectivity index (χ1v) is 14.9. The third kappa shape index (κ3) is 4.34. The number of benzene rings is 2. The van der Waals surface area contributed by atoms with Crippen molar-refractivity contribution < 1.29 is 9.53 Å². The Bertz CT molecular complexity index is 1490. The van der Waals surface area contributed by atoms with E-state index in [1.165, 1.54) is 18.1 Å². The summed E-state index contributed by atoms with van der Waals surface area (Å²) in [5.74, 6) is 1.56. The number of carbonyl (C=O) groups excluding carboxylic acids is 1. The first-order valence-electron chi connectivity index (χ1n) is 14.5. The van der Waals surface area contributed by atoms with E-state index < -0.39 is 0 Å². The average Bonchev–Trinajstić information content (AvgIpc) is 3.59. The van der Waals surface area contributed by atoms with E-state index in [2.05, 4.69) is 52.6 Å². The lowest BCUT2D eigenvalue weighted by molar-refractivity contribution is -0.120. The molecule has 1 saturated carbocycles. The summed E-state index contributed by atoms with van der Waals surface area (Å²) >= 11 is 6.70. The molecule has 2 saturated heterocycles. The number of hydrogen-bond acceptors (Lipinski definition) is 7. The number of halogens is 1. The molecule has 3 aliphatic heterocycles. The predicted molar refractivity (Wildman–Crippen MR) is 159 cm³/mol. The monoisotopic (exact) mass is 557 g/mol. The van der Waals surface area contributed by atoms with E-state index in [9.17, 15) is 4.79 Å². The number of ether oxygens (including phenoxy) is 1. The van der Waals surface area contributed by atoms with Crippen molar-refractivity contribution in [2.45, 2.75) is 44.7 Å². The van der Waals surface area contributed by atoms with Crippen molar-refractivity contribution in [3.63, 3.8) is 0 Å². The van der Waals surface area contributed by atoms with E-state index >= 15 is 0 Å². The summed E-state index contributed by atoms with van der Waals surface area (Å²) in [4.78, 5) is 29.7. The van der Waals surface area contributed by atoms with Gasteiger partial charge < -0.3 is 19.4 Å². The molecule has 3 aromatic rings. The molecular weight excluding hydrogens is 522 g/mol. The molecule has 0 radical (unpaired) electrons. The van der Waals surface area contributed by atoms with E-state index in [1.54, 1.807) is 0 Å². The third-order valence-corrected chi connectivity index (χ3v) is 10.1. The molecule has 208 valence electrons. The van der Waals surface area contributed by atoms with Crippen LogP contribution < -0.4 is 14.5 Å². The molecule has 4 heterocycles. The summed E-state index contributed by atoms with van der Waals surface area (Å²) in [6.07, 6.45) is 6.50. The van der Waals surface area contributed by atoms with Gasteiger partial charge in [-0.05, 0) is 75.2 Å². The van der Waals surface area contributed by atoms with Crippen LogP contribution in [-0.4, -0.2) is 66.5 Å². The first kappa shape index (κ1) is 25.8. The van der Waals surface area contributed by atoms with Crippen LogP contribution in [0.4, 0.5) is 11.5 Å². The number of piperidine rings is 1. The highest BCUT2D eigenvalue weighted by Crippen LogP contribution is 2.59. The Morgan fingerprint density at radius 1 is 1.18 bits per heavy atom. The molecule has 40 heavy (non-hydrogen) atoms. The Balaban J connectivity index is 1.21. The average molecular weight is 558 g/mol. The normalized spacial score (nSPS) is 25.9. The van der Waals surface area contributed by atoms with Gasteiger partial charge >= 0.3 is 6.01 Å². The number of rotatable bonds is 7. The number of carbonyl (C=O) groups is 1. The topological polar surface area (TPSA) is 61.8 Å². The molecule has 1 unspecified atom stereocenters. The van der Waals surface area contributed by atoms with Crippen molar-refractivity contribution in [1.82, 2.24) is 14.9 Å². The summed E-state index contributed by atoms with van der Waals surface area (Å²) in [5, 5.41) is 2.99. The number of ketones is 1. The molecule has 3 fully saturated rings. The van der Waals surface area contributed by atoms with Gasteiger partial charge in [0, 0.05) is 47.7 Å². The number of anilines is 2. The van der Waals surface area contributed by atoms with Gasteiger partial charge in [-0.15, -0.1) is 0 Å². The van der Waals surface area contributed by atoms with Crippen molar-refractivity contribution in [2.75, 3.05) is 49.6 Å². The third-order valence-electron chi connectivity index (χ3n) is 9.75. The smallest absolute Gasteiger partial charge is 0.318 e. The van der Waals surface area contributed by atoms with Crippen molar-refractivity contribution in [1.29, 1.82) is 0 Å². The van der Waals surface area contributed by atoms with Crippen molar-refractivity contribution in [3.05, 3.63) is 65.3 Å². The quantitative estimate of drug-likeness (QED) is 0.366. The van der Waals surface area contributed by atoms with Gasteiger partial charge in [0.05, 0.1) is 17.3 Å². The van der Waals surface area contributed by atoms with E-state index in [0.29, 0.717) is 31.1 Å². The highest BCUT2D eigenvalue weighted by molar-refractivity contribution is 6.36. The first-order chi connectivity index (χ1) is 19.5. The van der Waals surface area contributed by atoms with Crippen LogP contribution in [0.3, 0.4) is 0 Å². The molecule has 1 aromatic heterocycles. The zero-order valence-electron chi connectivity index (χ0n) is 23.1. The minimum atomic E-state index is -0.192. The molecule has 2 aromatic carbocycles. The molecule has 1 aliphatic carbocycles. The van der Waals surface area contributed by atoms with E-state index in [1.807, 2.05) is 12.1 Å². The molecule has 0 bridgehead atoms. The van der Waals surface area contributed by atoms with Gasteiger partial charge in [0.15, 0.2) is 5.78 Å². The molecule has 0 N–H and O–H groups in total. The van der Waals surface area contributed by atoms with Crippen molar-refractivity contribution >= 4 is 39.7 Å². The number of allylic oxidation sites excluding steroid dienone is 1. The number of likely N-dealkylation sites (N-methyl/N-ethyl adjacent to an activating group) is 1. The molecular formula is C32H36ClN5O2. The van der Waals surface area contributed by atoms with Crippen LogP contribution in [-0.2, 0) is 17.8 Å². The second-order valence-electron chi connectivity index (χ2n) is 12.0. The van der Waals surface area contributed by atoms with Gasteiger partial charge in [-0.2, -0.15) is 9.97 Å². The summed E-state index contributed by atoms with van der Waals surface area (Å²) in [7, 11) is 2.16. The lowest BCUT2D eigenvalue weighted by Gasteiger charge is -2.36. The highest BCUT2D eigenvalue weighted by Gasteiger charge is 2.60. The number of hydrogen-bond donors (Lipinski definition) is 0. The highest BCUT2D eigenvalue weighted by atomic mass is 35.5. The Morgan fingerprint density at radius 3 is 2.80 bits per heavy atom. The number of fused-ring (bicyclic) bond motifs is 3. The molecule has 0 spiro atoms. The van der Waals surface area contributed by atoms with Crippen LogP contribution in [0.25, 0.3) is 10.8 Å². The lowest BCUT2D eigenvalue weighted by atomic mass is 9.90. The van der Waals surface area contributed by atoms with Gasteiger partial charge in [0.1, 0.15) is 12.4 Å². The van der Waals surface area contributed by atoms with E-state index in [0.717, 1.165) is 84.9 Å². The molecule has 7 nitrogen and oxygen atoms in total. The largest absolute Gasteiger partial charge is 0.462 e. The van der Waals surface area contributed by atoms with Crippen LogP contribution in [0.2, 0.25) is 5.02 Å². The maximum Gasteiger partial charge on any atom is 0.318 e. The molecule has 4 aliphatic rings.